The second-order valence-electron chi connectivity index (χ2n) is 4.42. The molecule has 102 valence electrons. The minimum atomic E-state index is -0.391. The van der Waals surface area contributed by atoms with E-state index in [4.69, 9.17) is 5.26 Å². The number of anilines is 1. The predicted octanol–water partition coefficient (Wildman–Crippen LogP) is 2.97. The molecule has 0 spiro atoms. The molecule has 0 bridgehead atoms. The molecule has 2 rings (SSSR count). The molecule has 0 saturated carbocycles. The van der Waals surface area contributed by atoms with Crippen LogP contribution in [0.5, 0.6) is 0 Å². The zero-order chi connectivity index (χ0) is 14.5. The molecule has 2 aromatic rings. The average Bonchev–Trinajstić information content (AvgIpc) is 2.45. The molecule has 1 N–H and O–H groups in total. The number of rotatable bonds is 4. The number of nitriles is 1. The zero-order valence-corrected chi connectivity index (χ0v) is 11.4. The Morgan fingerprint density at radius 3 is 2.75 bits per heavy atom. The summed E-state index contributed by atoms with van der Waals surface area (Å²) >= 11 is 0. The van der Waals surface area contributed by atoms with E-state index in [1.165, 1.54) is 6.07 Å². The highest BCUT2D eigenvalue weighted by atomic mass is 19.1. The second-order valence-corrected chi connectivity index (χ2v) is 4.42. The molecule has 20 heavy (non-hydrogen) atoms. The lowest BCUT2D eigenvalue weighted by Crippen LogP contribution is -2.06. The van der Waals surface area contributed by atoms with Crippen molar-refractivity contribution < 1.29 is 4.39 Å². The summed E-state index contributed by atoms with van der Waals surface area (Å²) in [6.07, 6.45) is 0.823. The van der Waals surface area contributed by atoms with Crippen LogP contribution in [0.2, 0.25) is 0 Å². The van der Waals surface area contributed by atoms with Gasteiger partial charge in [0.1, 0.15) is 17.5 Å². The Kier molecular flexibility index (Phi) is 4.26. The maximum absolute atomic E-state index is 13.7. The van der Waals surface area contributed by atoms with Gasteiger partial charge in [0.15, 0.2) is 0 Å². The normalized spacial score (nSPS) is 10.1. The minimum absolute atomic E-state index is 0.317. The first-order valence-electron chi connectivity index (χ1n) is 6.39. The zero-order valence-electron chi connectivity index (χ0n) is 11.4. The van der Waals surface area contributed by atoms with Crippen LogP contribution < -0.4 is 5.32 Å². The topological polar surface area (TPSA) is 61.6 Å². The van der Waals surface area contributed by atoms with E-state index in [9.17, 15) is 4.39 Å². The third kappa shape index (κ3) is 3.29. The highest BCUT2D eigenvalue weighted by molar-refractivity contribution is 5.39. The fourth-order valence-electron chi connectivity index (χ4n) is 1.85. The lowest BCUT2D eigenvalue weighted by molar-refractivity contribution is 0.612. The van der Waals surface area contributed by atoms with Crippen molar-refractivity contribution in [3.8, 4) is 6.07 Å². The van der Waals surface area contributed by atoms with Gasteiger partial charge in [0.05, 0.1) is 11.6 Å². The monoisotopic (exact) mass is 270 g/mol. The van der Waals surface area contributed by atoms with Crippen molar-refractivity contribution in [1.29, 1.82) is 5.26 Å². The van der Waals surface area contributed by atoms with Crippen molar-refractivity contribution >= 4 is 5.82 Å². The van der Waals surface area contributed by atoms with Gasteiger partial charge in [-0.25, -0.2) is 14.4 Å². The van der Waals surface area contributed by atoms with Gasteiger partial charge in [0.2, 0.25) is 0 Å². The summed E-state index contributed by atoms with van der Waals surface area (Å²) in [5, 5.41) is 11.8. The van der Waals surface area contributed by atoms with Crippen molar-refractivity contribution in [2.75, 3.05) is 5.32 Å². The Labute approximate surface area is 117 Å². The molecule has 0 radical (unpaired) electrons. The molecule has 0 amide bonds. The van der Waals surface area contributed by atoms with Crippen LogP contribution in [0, 0.1) is 24.1 Å². The minimum Gasteiger partial charge on any atom is -0.366 e. The Balaban J connectivity index is 2.13. The van der Waals surface area contributed by atoms with Gasteiger partial charge in [-0.1, -0.05) is 13.0 Å². The first kappa shape index (κ1) is 13.9. The predicted molar refractivity (Wildman–Crippen MR) is 74.6 cm³/mol. The van der Waals surface area contributed by atoms with Crippen LogP contribution in [0.4, 0.5) is 10.2 Å². The number of hydrogen-bond donors (Lipinski definition) is 1. The van der Waals surface area contributed by atoms with E-state index in [-0.39, 0.29) is 0 Å². The van der Waals surface area contributed by atoms with Crippen molar-refractivity contribution in [3.63, 3.8) is 0 Å². The molecule has 1 aromatic carbocycles. The van der Waals surface area contributed by atoms with Crippen LogP contribution in [0.25, 0.3) is 0 Å². The molecule has 0 saturated heterocycles. The Hall–Kier alpha value is -2.48. The molecule has 5 heteroatoms. The summed E-state index contributed by atoms with van der Waals surface area (Å²) in [4.78, 5) is 8.55. The highest BCUT2D eigenvalue weighted by Gasteiger charge is 2.05. The number of aryl methyl sites for hydroxylation is 2. The van der Waals surface area contributed by atoms with Crippen molar-refractivity contribution in [2.24, 2.45) is 0 Å². The molecule has 0 aliphatic carbocycles. The number of halogens is 1. The van der Waals surface area contributed by atoms with Crippen LogP contribution in [0.15, 0.2) is 24.3 Å². The van der Waals surface area contributed by atoms with E-state index in [0.717, 1.165) is 12.1 Å². The van der Waals surface area contributed by atoms with Crippen LogP contribution in [-0.4, -0.2) is 9.97 Å². The van der Waals surface area contributed by atoms with Crippen LogP contribution in [-0.2, 0) is 13.0 Å². The van der Waals surface area contributed by atoms with E-state index < -0.39 is 5.82 Å². The van der Waals surface area contributed by atoms with Crippen molar-refractivity contribution in [3.05, 3.63) is 52.7 Å². The molecule has 1 heterocycles. The number of hydrogen-bond acceptors (Lipinski definition) is 4. The van der Waals surface area contributed by atoms with E-state index in [2.05, 4.69) is 15.3 Å². The quantitative estimate of drug-likeness (QED) is 0.927. The molecular formula is C15H15FN4. The van der Waals surface area contributed by atoms with Crippen LogP contribution in [0.1, 0.15) is 29.6 Å². The van der Waals surface area contributed by atoms with E-state index in [1.807, 2.05) is 26.0 Å². The smallest absolute Gasteiger partial charge is 0.130 e. The molecule has 0 fully saturated rings. The van der Waals surface area contributed by atoms with Gasteiger partial charge in [-0.15, -0.1) is 0 Å². The third-order valence-electron chi connectivity index (χ3n) is 2.90. The van der Waals surface area contributed by atoms with E-state index in [1.54, 1.807) is 12.1 Å². The van der Waals surface area contributed by atoms with Crippen molar-refractivity contribution in [2.45, 2.75) is 26.8 Å². The van der Waals surface area contributed by atoms with Gasteiger partial charge >= 0.3 is 0 Å². The Morgan fingerprint density at radius 1 is 1.30 bits per heavy atom. The lowest BCUT2D eigenvalue weighted by Gasteiger charge is -2.09. The summed E-state index contributed by atoms with van der Waals surface area (Å²) in [5.74, 6) is 0.975. The SMILES string of the molecule is CCc1cc(NCc2ccc(C#N)cc2F)nc(C)n1. The van der Waals surface area contributed by atoms with E-state index >= 15 is 0 Å². The number of aromatic nitrogens is 2. The number of nitrogens with one attached hydrogen (secondary N) is 1. The van der Waals surface area contributed by atoms with Crippen molar-refractivity contribution in [1.82, 2.24) is 9.97 Å². The fourth-order valence-corrected chi connectivity index (χ4v) is 1.85. The first-order valence-corrected chi connectivity index (χ1v) is 6.39. The maximum atomic E-state index is 13.7. The molecule has 0 unspecified atom stereocenters. The van der Waals surface area contributed by atoms with Gasteiger partial charge < -0.3 is 5.32 Å². The third-order valence-corrected chi connectivity index (χ3v) is 2.90. The van der Waals surface area contributed by atoms with Gasteiger partial charge in [-0.3, -0.25) is 0 Å². The van der Waals surface area contributed by atoms with Crippen LogP contribution in [0.3, 0.4) is 0 Å². The van der Waals surface area contributed by atoms with Gasteiger partial charge in [-0.2, -0.15) is 5.26 Å². The molecule has 0 aliphatic heterocycles. The van der Waals surface area contributed by atoms with Gasteiger partial charge in [0, 0.05) is 23.9 Å². The maximum Gasteiger partial charge on any atom is 0.130 e. The standard InChI is InChI=1S/C15H15FN4/c1-3-13-7-15(20-10(2)19-13)18-9-12-5-4-11(8-17)6-14(12)16/h4-7H,3,9H2,1-2H3,(H,18,19,20). The van der Waals surface area contributed by atoms with Crippen LogP contribution >= 0.6 is 0 Å². The Morgan fingerprint density at radius 2 is 2.10 bits per heavy atom. The summed E-state index contributed by atoms with van der Waals surface area (Å²) in [5.41, 5.74) is 1.76. The summed E-state index contributed by atoms with van der Waals surface area (Å²) in [7, 11) is 0. The van der Waals surface area contributed by atoms with E-state index in [0.29, 0.717) is 29.3 Å². The van der Waals surface area contributed by atoms with Gasteiger partial charge in [0.25, 0.3) is 0 Å². The molecule has 1 aromatic heterocycles. The molecule has 0 atom stereocenters. The first-order chi connectivity index (χ1) is 9.62. The Bertz CT molecular complexity index is 661. The molecular weight excluding hydrogens is 255 g/mol. The largest absolute Gasteiger partial charge is 0.366 e. The molecule has 0 aliphatic rings. The van der Waals surface area contributed by atoms with Gasteiger partial charge in [-0.05, 0) is 25.5 Å². The summed E-state index contributed by atoms with van der Waals surface area (Å²) in [6, 6.07) is 8.21. The summed E-state index contributed by atoms with van der Waals surface area (Å²) < 4.78 is 13.7. The number of benzene rings is 1. The molecule has 4 nitrogen and oxygen atoms in total. The summed E-state index contributed by atoms with van der Waals surface area (Å²) in [6.45, 7) is 4.16. The fraction of sp³-hybridized carbons (Fsp3) is 0.267. The highest BCUT2D eigenvalue weighted by Crippen LogP contribution is 2.13. The average molecular weight is 270 g/mol. The lowest BCUT2D eigenvalue weighted by atomic mass is 10.1. The number of nitrogens with zero attached hydrogens (tertiary/aromatic N) is 3. The second kappa shape index (κ2) is 6.11.